The van der Waals surface area contributed by atoms with Crippen molar-refractivity contribution in [1.82, 2.24) is 5.32 Å². The van der Waals surface area contributed by atoms with Crippen LogP contribution in [0.25, 0.3) is 0 Å². The highest BCUT2D eigenvalue weighted by Crippen LogP contribution is 2.25. The van der Waals surface area contributed by atoms with E-state index in [1.54, 1.807) is 48.5 Å². The van der Waals surface area contributed by atoms with Crippen LogP contribution >= 0.6 is 51.3 Å². The van der Waals surface area contributed by atoms with Crippen molar-refractivity contribution in [2.24, 2.45) is 0 Å². The largest absolute Gasteiger partial charge is 0.480 e. The third-order valence-corrected chi connectivity index (χ3v) is 6.22. The Labute approximate surface area is 208 Å². The van der Waals surface area contributed by atoms with Crippen molar-refractivity contribution >= 4 is 73.9 Å². The van der Waals surface area contributed by atoms with Gasteiger partial charge in [0.15, 0.2) is 0 Å². The van der Waals surface area contributed by atoms with E-state index in [1.807, 2.05) is 18.2 Å². The summed E-state index contributed by atoms with van der Waals surface area (Å²) < 4.78 is 0.778. The fraction of sp³-hybridized carbons (Fsp3) is 0.0870. The fourth-order valence-electron chi connectivity index (χ4n) is 2.95. The van der Waals surface area contributed by atoms with Crippen LogP contribution in [0.2, 0.25) is 10.0 Å². The van der Waals surface area contributed by atoms with Gasteiger partial charge >= 0.3 is 5.97 Å². The highest BCUT2D eigenvalue weighted by molar-refractivity contribution is 9.10. The lowest BCUT2D eigenvalue weighted by atomic mass is 10.0. The van der Waals surface area contributed by atoms with Gasteiger partial charge in [-0.2, -0.15) is 0 Å². The van der Waals surface area contributed by atoms with E-state index < -0.39 is 17.9 Å². The van der Waals surface area contributed by atoms with Crippen LogP contribution in [0.5, 0.6) is 0 Å². The number of hydrogen-bond acceptors (Lipinski definition) is 3. The molecule has 0 aliphatic rings. The molecule has 0 bridgehead atoms. The first-order chi connectivity index (χ1) is 15.3. The summed E-state index contributed by atoms with van der Waals surface area (Å²) >= 11 is 21.0. The summed E-state index contributed by atoms with van der Waals surface area (Å²) in [6.45, 7) is 0. The monoisotopic (exact) mass is 550 g/mol. The van der Waals surface area contributed by atoms with Gasteiger partial charge in [-0.1, -0.05) is 87.7 Å². The van der Waals surface area contributed by atoms with Crippen molar-refractivity contribution in [1.29, 1.82) is 0 Å². The highest BCUT2D eigenvalue weighted by Gasteiger charge is 2.20. The molecule has 9 heteroatoms. The summed E-state index contributed by atoms with van der Waals surface area (Å²) in [7, 11) is 0. The van der Waals surface area contributed by atoms with Crippen molar-refractivity contribution in [2.45, 2.75) is 12.5 Å². The van der Waals surface area contributed by atoms with Crippen LogP contribution in [-0.4, -0.2) is 28.0 Å². The molecule has 32 heavy (non-hydrogen) atoms. The fourth-order valence-corrected chi connectivity index (χ4v) is 4.45. The average molecular weight is 552 g/mol. The van der Waals surface area contributed by atoms with E-state index in [4.69, 9.17) is 35.4 Å². The maximum atomic E-state index is 12.5. The molecule has 1 atom stereocenters. The second-order valence-corrected chi connectivity index (χ2v) is 8.87. The molecule has 1 unspecified atom stereocenters. The van der Waals surface area contributed by atoms with Gasteiger partial charge in [0.2, 0.25) is 0 Å². The summed E-state index contributed by atoms with van der Waals surface area (Å²) in [4.78, 5) is 24.6. The Balaban J connectivity index is 1.68. The third-order valence-electron chi connectivity index (χ3n) is 4.56. The number of carboxylic acid groups (broad SMARTS) is 1. The minimum Gasteiger partial charge on any atom is -0.480 e. The zero-order valence-corrected chi connectivity index (χ0v) is 20.4. The zero-order valence-electron chi connectivity index (χ0n) is 16.4. The maximum absolute atomic E-state index is 12.5. The van der Waals surface area contributed by atoms with E-state index in [0.29, 0.717) is 16.2 Å². The molecule has 3 rings (SSSR count). The number of rotatable bonds is 7. The van der Waals surface area contributed by atoms with Crippen LogP contribution in [0.15, 0.2) is 71.2 Å². The van der Waals surface area contributed by atoms with Crippen LogP contribution in [0.1, 0.15) is 21.5 Å². The van der Waals surface area contributed by atoms with Gasteiger partial charge in [0.05, 0.1) is 15.6 Å². The number of carbonyl (C=O) groups excluding carboxylic acids is 1. The van der Waals surface area contributed by atoms with E-state index in [-0.39, 0.29) is 22.0 Å². The van der Waals surface area contributed by atoms with Crippen molar-refractivity contribution < 1.29 is 14.7 Å². The molecule has 0 radical (unpaired) electrons. The van der Waals surface area contributed by atoms with Crippen molar-refractivity contribution in [3.8, 4) is 0 Å². The smallest absolute Gasteiger partial charge is 0.326 e. The predicted octanol–water partition coefficient (Wildman–Crippen LogP) is 5.97. The molecule has 3 N–H and O–H groups in total. The molecule has 0 spiro atoms. The number of halogens is 3. The lowest BCUT2D eigenvalue weighted by molar-refractivity contribution is -0.139. The lowest BCUT2D eigenvalue weighted by Crippen LogP contribution is -2.42. The minimum atomic E-state index is -1.02. The molecule has 0 saturated heterocycles. The van der Waals surface area contributed by atoms with Crippen LogP contribution in [-0.2, 0) is 11.2 Å². The van der Waals surface area contributed by atoms with Crippen molar-refractivity contribution in [3.63, 3.8) is 0 Å². The predicted molar refractivity (Wildman–Crippen MR) is 135 cm³/mol. The minimum absolute atomic E-state index is 0.190. The summed E-state index contributed by atoms with van der Waals surface area (Å²) in [6.07, 6.45) is 0.199. The Kier molecular flexibility index (Phi) is 8.26. The molecule has 0 heterocycles. The Hall–Kier alpha value is -2.45. The molecule has 3 aromatic carbocycles. The topological polar surface area (TPSA) is 78.4 Å². The molecule has 3 aromatic rings. The number of carbonyl (C=O) groups is 2. The molecule has 0 aliphatic carbocycles. The molecule has 0 fully saturated rings. The number of nitrogens with one attached hydrogen (secondary N) is 2. The first kappa shape index (κ1) is 24.2. The second kappa shape index (κ2) is 10.9. The third kappa shape index (κ3) is 6.07. The maximum Gasteiger partial charge on any atom is 0.326 e. The van der Waals surface area contributed by atoms with Gasteiger partial charge in [0.1, 0.15) is 11.0 Å². The number of amides is 1. The summed E-state index contributed by atoms with van der Waals surface area (Å²) in [5.41, 5.74) is 2.19. The van der Waals surface area contributed by atoms with E-state index in [0.717, 1.165) is 10.0 Å². The van der Waals surface area contributed by atoms with Gasteiger partial charge in [-0.25, -0.2) is 4.79 Å². The van der Waals surface area contributed by atoms with E-state index in [9.17, 15) is 14.7 Å². The van der Waals surface area contributed by atoms with Crippen LogP contribution in [0.4, 0.5) is 5.69 Å². The second-order valence-electron chi connectivity index (χ2n) is 6.80. The first-order valence-electron chi connectivity index (χ1n) is 9.38. The number of carboxylic acids is 1. The van der Waals surface area contributed by atoms with Gasteiger partial charge in [-0.3, -0.25) is 4.79 Å². The molecular formula is C23H17BrCl2N2O3S. The Morgan fingerprint density at radius 1 is 0.969 bits per heavy atom. The Morgan fingerprint density at radius 2 is 1.59 bits per heavy atom. The number of anilines is 1. The summed E-state index contributed by atoms with van der Waals surface area (Å²) in [5, 5.41) is 15.8. The zero-order chi connectivity index (χ0) is 23.3. The highest BCUT2D eigenvalue weighted by atomic mass is 79.9. The van der Waals surface area contributed by atoms with Gasteiger partial charge in [0, 0.05) is 22.1 Å². The van der Waals surface area contributed by atoms with Crippen LogP contribution < -0.4 is 10.6 Å². The molecular weight excluding hydrogens is 535 g/mol. The molecule has 5 nitrogen and oxygen atoms in total. The molecule has 0 saturated carbocycles. The normalized spacial score (nSPS) is 11.5. The number of benzene rings is 3. The molecule has 0 aliphatic heterocycles. The van der Waals surface area contributed by atoms with E-state index >= 15 is 0 Å². The first-order valence-corrected chi connectivity index (χ1v) is 11.3. The van der Waals surface area contributed by atoms with Crippen molar-refractivity contribution in [3.05, 3.63) is 97.9 Å². The molecule has 164 valence electrons. The van der Waals surface area contributed by atoms with E-state index in [2.05, 4.69) is 26.6 Å². The number of hydrogen-bond donors (Lipinski definition) is 3. The van der Waals surface area contributed by atoms with E-state index in [1.165, 1.54) is 0 Å². The lowest BCUT2D eigenvalue weighted by Gasteiger charge is -2.17. The van der Waals surface area contributed by atoms with Crippen molar-refractivity contribution in [2.75, 3.05) is 5.32 Å². The average Bonchev–Trinajstić information content (AvgIpc) is 2.74. The number of aliphatic carboxylic acids is 1. The van der Waals surface area contributed by atoms with Gasteiger partial charge in [0.25, 0.3) is 5.91 Å². The van der Waals surface area contributed by atoms with Gasteiger partial charge < -0.3 is 15.7 Å². The summed E-state index contributed by atoms with van der Waals surface area (Å²) in [5.74, 6) is -1.46. The van der Waals surface area contributed by atoms with Gasteiger partial charge in [-0.15, -0.1) is 0 Å². The summed E-state index contributed by atoms with van der Waals surface area (Å²) in [6, 6.07) is 18.1. The number of thiocarbonyl (C=S) groups is 1. The Morgan fingerprint density at radius 3 is 2.19 bits per heavy atom. The molecule has 1 amide bonds. The SMILES string of the molecule is O=C(Nc1ccc(CC(NC(=S)c2ccccc2Br)C(=O)O)cc1)c1c(Cl)cccc1Cl. The van der Waals surface area contributed by atoms with Crippen LogP contribution in [0, 0.1) is 0 Å². The van der Waals surface area contributed by atoms with Gasteiger partial charge in [-0.05, 0) is 35.9 Å². The molecule has 0 aromatic heterocycles. The Bertz CT molecular complexity index is 1150. The van der Waals surface area contributed by atoms with Crippen LogP contribution in [0.3, 0.4) is 0 Å². The quantitative estimate of drug-likeness (QED) is 0.315. The standard InChI is InChI=1S/C23H17BrCl2N2O3S/c24-16-5-2-1-4-15(16)22(32)28-19(23(30)31)12-13-8-10-14(11-9-13)27-21(29)20-17(25)6-3-7-18(20)26/h1-11,19H,12H2,(H,27,29)(H,28,32)(H,30,31).